The highest BCUT2D eigenvalue weighted by Gasteiger charge is 2.44. The number of aliphatic hydroxyl groups excluding tert-OH is 1. The summed E-state index contributed by atoms with van der Waals surface area (Å²) in [5.74, 6) is -1.05. The van der Waals surface area contributed by atoms with Crippen molar-refractivity contribution < 1.29 is 14.7 Å². The summed E-state index contributed by atoms with van der Waals surface area (Å²) in [6.45, 7) is 2.66. The van der Waals surface area contributed by atoms with E-state index in [4.69, 9.17) is 0 Å². The molecule has 126 valence electrons. The van der Waals surface area contributed by atoms with Crippen molar-refractivity contribution in [1.29, 1.82) is 0 Å². The van der Waals surface area contributed by atoms with Crippen LogP contribution in [-0.4, -0.2) is 34.4 Å². The molecule has 2 N–H and O–H groups in total. The van der Waals surface area contributed by atoms with Gasteiger partial charge in [0.1, 0.15) is 0 Å². The predicted octanol–water partition coefficient (Wildman–Crippen LogP) is 2.31. The normalized spacial score (nSPS) is 25.7. The summed E-state index contributed by atoms with van der Waals surface area (Å²) in [6, 6.07) is 6.03. The Kier molecular flexibility index (Phi) is 3.59. The molecule has 0 saturated carbocycles. The van der Waals surface area contributed by atoms with Crippen LogP contribution in [0.4, 0.5) is 0 Å². The first kappa shape index (κ1) is 15.2. The van der Waals surface area contributed by atoms with Gasteiger partial charge in [-0.25, -0.2) is 0 Å². The lowest BCUT2D eigenvalue weighted by molar-refractivity contribution is -0.130. The van der Waals surface area contributed by atoms with E-state index in [1.807, 2.05) is 6.92 Å². The number of piperidine rings is 1. The smallest absolute Gasteiger partial charge is 0.289 e. The maximum absolute atomic E-state index is 12.8. The van der Waals surface area contributed by atoms with E-state index in [0.717, 1.165) is 37.7 Å². The quantitative estimate of drug-likeness (QED) is 0.876. The van der Waals surface area contributed by atoms with Crippen LogP contribution in [0, 0.1) is 6.92 Å². The lowest BCUT2D eigenvalue weighted by Gasteiger charge is -2.30. The summed E-state index contributed by atoms with van der Waals surface area (Å²) in [5.41, 5.74) is 3.87. The third-order valence-corrected chi connectivity index (χ3v) is 5.48. The van der Waals surface area contributed by atoms with Crippen LogP contribution in [0.1, 0.15) is 48.4 Å². The Bertz CT molecular complexity index is 753. The number of carbonyl (C=O) groups excluding carboxylic acids is 2. The van der Waals surface area contributed by atoms with Crippen LogP contribution >= 0.6 is 0 Å². The van der Waals surface area contributed by atoms with Crippen molar-refractivity contribution in [3.8, 4) is 0 Å². The topological polar surface area (TPSA) is 69.6 Å². The van der Waals surface area contributed by atoms with E-state index in [-0.39, 0.29) is 29.3 Å². The maximum Gasteiger partial charge on any atom is 0.289 e. The van der Waals surface area contributed by atoms with Crippen molar-refractivity contribution in [3.05, 3.63) is 46.2 Å². The van der Waals surface area contributed by atoms with Crippen molar-refractivity contribution in [2.45, 2.75) is 51.1 Å². The molecule has 1 aromatic rings. The molecular weight excluding hydrogens is 304 g/mol. The van der Waals surface area contributed by atoms with E-state index < -0.39 is 5.91 Å². The Morgan fingerprint density at radius 2 is 2.12 bits per heavy atom. The van der Waals surface area contributed by atoms with Gasteiger partial charge >= 0.3 is 0 Å². The summed E-state index contributed by atoms with van der Waals surface area (Å²) >= 11 is 0. The standard InChI is InChI=1S/C19H22N2O3/c1-11-5-6-12-7-8-14(13(12)10-11)20-18(23)16-15-4-2-3-9-21(15)19(24)17(16)22/h5-6,10,14-15,22H,2-4,7-9H2,1H3,(H,20,23)/t14-,15?/m1/s1. The Labute approximate surface area is 141 Å². The van der Waals surface area contributed by atoms with Crippen molar-refractivity contribution in [1.82, 2.24) is 10.2 Å². The molecule has 5 heteroatoms. The molecule has 1 unspecified atom stereocenters. The number of fused-ring (bicyclic) bond motifs is 2. The van der Waals surface area contributed by atoms with Gasteiger partial charge in [-0.05, 0) is 50.2 Å². The molecule has 0 bridgehead atoms. The number of nitrogens with one attached hydrogen (secondary N) is 1. The van der Waals surface area contributed by atoms with Gasteiger partial charge in [-0.1, -0.05) is 23.8 Å². The van der Waals surface area contributed by atoms with Gasteiger partial charge in [0.15, 0.2) is 5.76 Å². The number of carbonyl (C=O) groups is 2. The number of hydrogen-bond donors (Lipinski definition) is 2. The van der Waals surface area contributed by atoms with Gasteiger partial charge in [0, 0.05) is 6.54 Å². The summed E-state index contributed by atoms with van der Waals surface area (Å²) in [4.78, 5) is 26.6. The highest BCUT2D eigenvalue weighted by atomic mass is 16.3. The van der Waals surface area contributed by atoms with Crippen molar-refractivity contribution in [3.63, 3.8) is 0 Å². The van der Waals surface area contributed by atoms with Gasteiger partial charge in [0.05, 0.1) is 17.7 Å². The van der Waals surface area contributed by atoms with Gasteiger partial charge in [0.25, 0.3) is 11.8 Å². The third kappa shape index (κ3) is 2.30. The van der Waals surface area contributed by atoms with E-state index in [2.05, 4.69) is 23.5 Å². The fourth-order valence-corrected chi connectivity index (χ4v) is 4.25. The second-order valence-electron chi connectivity index (χ2n) is 7.04. The van der Waals surface area contributed by atoms with Crippen LogP contribution in [0.2, 0.25) is 0 Å². The molecule has 0 spiro atoms. The zero-order valence-corrected chi connectivity index (χ0v) is 13.8. The second kappa shape index (κ2) is 5.65. The summed E-state index contributed by atoms with van der Waals surface area (Å²) in [6.07, 6.45) is 4.46. The monoisotopic (exact) mass is 326 g/mol. The van der Waals surface area contributed by atoms with Crippen molar-refractivity contribution >= 4 is 11.8 Å². The zero-order valence-electron chi connectivity index (χ0n) is 13.8. The van der Waals surface area contributed by atoms with Gasteiger partial charge in [-0.15, -0.1) is 0 Å². The molecule has 1 saturated heterocycles. The average molecular weight is 326 g/mol. The van der Waals surface area contributed by atoms with E-state index >= 15 is 0 Å². The number of amides is 2. The third-order valence-electron chi connectivity index (χ3n) is 5.48. The molecule has 1 aromatic carbocycles. The van der Waals surface area contributed by atoms with Crippen molar-refractivity contribution in [2.24, 2.45) is 0 Å². The first-order valence-electron chi connectivity index (χ1n) is 8.70. The van der Waals surface area contributed by atoms with E-state index in [9.17, 15) is 14.7 Å². The SMILES string of the molecule is Cc1ccc2c(c1)[C@H](NC(=O)C1=C(O)C(=O)N3CCCCC13)CC2. The molecule has 5 nitrogen and oxygen atoms in total. The average Bonchev–Trinajstić information content (AvgIpc) is 3.07. The minimum atomic E-state index is -0.396. The molecule has 1 fully saturated rings. The van der Waals surface area contributed by atoms with Gasteiger partial charge in [-0.3, -0.25) is 9.59 Å². The molecule has 0 radical (unpaired) electrons. The highest BCUT2D eigenvalue weighted by Crippen LogP contribution is 2.35. The van der Waals surface area contributed by atoms with Crippen LogP contribution in [0.5, 0.6) is 0 Å². The second-order valence-corrected chi connectivity index (χ2v) is 7.04. The van der Waals surface area contributed by atoms with Crippen LogP contribution in [0.25, 0.3) is 0 Å². The molecule has 2 amide bonds. The van der Waals surface area contributed by atoms with Crippen LogP contribution in [-0.2, 0) is 16.0 Å². The molecule has 4 rings (SSSR count). The van der Waals surface area contributed by atoms with Crippen LogP contribution in [0.15, 0.2) is 29.5 Å². The summed E-state index contributed by atoms with van der Waals surface area (Å²) in [7, 11) is 0. The van der Waals surface area contributed by atoms with Gasteiger partial charge in [0.2, 0.25) is 0 Å². The number of hydrogen-bond acceptors (Lipinski definition) is 3. The van der Waals surface area contributed by atoms with Gasteiger partial charge in [-0.2, -0.15) is 0 Å². The van der Waals surface area contributed by atoms with Crippen LogP contribution in [0.3, 0.4) is 0 Å². The molecule has 2 aliphatic heterocycles. The number of aryl methyl sites for hydroxylation is 2. The molecule has 3 aliphatic rings. The van der Waals surface area contributed by atoms with E-state index in [0.29, 0.717) is 6.54 Å². The molecule has 1 aliphatic carbocycles. The lowest BCUT2D eigenvalue weighted by Crippen LogP contribution is -2.42. The first-order valence-corrected chi connectivity index (χ1v) is 8.70. The largest absolute Gasteiger partial charge is 0.503 e. The van der Waals surface area contributed by atoms with Crippen molar-refractivity contribution in [2.75, 3.05) is 6.54 Å². The fourth-order valence-electron chi connectivity index (χ4n) is 4.25. The van der Waals surface area contributed by atoms with E-state index in [1.165, 1.54) is 11.1 Å². The Hall–Kier alpha value is -2.30. The molecule has 24 heavy (non-hydrogen) atoms. The fraction of sp³-hybridized carbons (Fsp3) is 0.474. The Morgan fingerprint density at radius 1 is 1.29 bits per heavy atom. The lowest BCUT2D eigenvalue weighted by atomic mass is 9.97. The zero-order chi connectivity index (χ0) is 16.8. The molecule has 2 atom stereocenters. The Balaban J connectivity index is 1.57. The minimum absolute atomic E-state index is 0.0413. The van der Waals surface area contributed by atoms with Gasteiger partial charge < -0.3 is 15.3 Å². The number of nitrogens with zero attached hydrogens (tertiary/aromatic N) is 1. The van der Waals surface area contributed by atoms with E-state index in [1.54, 1.807) is 4.90 Å². The molecular formula is C19H22N2O3. The maximum atomic E-state index is 12.8. The first-order chi connectivity index (χ1) is 11.6. The molecule has 2 heterocycles. The number of rotatable bonds is 2. The summed E-state index contributed by atoms with van der Waals surface area (Å²) < 4.78 is 0. The summed E-state index contributed by atoms with van der Waals surface area (Å²) in [5, 5.41) is 13.3. The minimum Gasteiger partial charge on any atom is -0.503 e. The highest BCUT2D eigenvalue weighted by molar-refractivity contribution is 6.08. The Morgan fingerprint density at radius 3 is 2.96 bits per heavy atom. The predicted molar refractivity (Wildman–Crippen MR) is 89.4 cm³/mol. The van der Waals surface area contributed by atoms with Crippen LogP contribution < -0.4 is 5.32 Å². The number of benzene rings is 1. The number of aliphatic hydroxyl groups is 1. The molecule has 0 aromatic heterocycles.